The van der Waals surface area contributed by atoms with Gasteiger partial charge >= 0.3 is 5.97 Å². The summed E-state index contributed by atoms with van der Waals surface area (Å²) in [6, 6.07) is 4.27. The van der Waals surface area contributed by atoms with Gasteiger partial charge in [0.2, 0.25) is 0 Å². The minimum absolute atomic E-state index is 0.0750. The minimum Gasteiger partial charge on any atom is -0.469 e. The van der Waals surface area contributed by atoms with E-state index < -0.39 is 23.3 Å². The van der Waals surface area contributed by atoms with Crippen LogP contribution in [0.5, 0.6) is 0 Å². The molecule has 5 heteroatoms. The molecular weight excluding hydrogens is 315 g/mol. The lowest BCUT2D eigenvalue weighted by atomic mass is 9.76. The maximum Gasteiger partial charge on any atom is 0.312 e. The zero-order chi connectivity index (χ0) is 14.8. The molecule has 1 aromatic rings. The van der Waals surface area contributed by atoms with Gasteiger partial charge < -0.3 is 9.84 Å². The van der Waals surface area contributed by atoms with E-state index in [0.717, 1.165) is 0 Å². The Bertz CT molecular complexity index is 472. The predicted molar refractivity (Wildman–Crippen MR) is 74.0 cm³/mol. The van der Waals surface area contributed by atoms with Crippen LogP contribution in [0.25, 0.3) is 0 Å². The third-order valence-corrected chi connectivity index (χ3v) is 3.69. The molecule has 1 N–H and O–H groups in total. The zero-order valence-corrected chi connectivity index (χ0v) is 13.0. The fourth-order valence-electron chi connectivity index (χ4n) is 2.33. The summed E-state index contributed by atoms with van der Waals surface area (Å²) < 4.78 is 19.3. The van der Waals surface area contributed by atoms with E-state index in [1.54, 1.807) is 13.8 Å². The number of hydrogen-bond donors (Lipinski definition) is 1. The number of aliphatic hydroxyl groups is 1. The lowest BCUT2D eigenvalue weighted by Crippen LogP contribution is -2.41. The highest BCUT2D eigenvalue weighted by Crippen LogP contribution is 2.37. The molecule has 0 spiro atoms. The fraction of sp³-hybridized carbons (Fsp3) is 0.500. The van der Waals surface area contributed by atoms with Crippen molar-refractivity contribution in [2.75, 3.05) is 7.11 Å². The van der Waals surface area contributed by atoms with E-state index in [-0.39, 0.29) is 11.5 Å². The maximum atomic E-state index is 13.9. The Morgan fingerprint density at radius 2 is 2.05 bits per heavy atom. The van der Waals surface area contributed by atoms with Crippen molar-refractivity contribution < 1.29 is 19.0 Å². The molecule has 0 aliphatic rings. The van der Waals surface area contributed by atoms with Gasteiger partial charge in [-0.25, -0.2) is 4.39 Å². The summed E-state index contributed by atoms with van der Waals surface area (Å²) in [6.45, 7) is 5.00. The molecule has 2 unspecified atom stereocenters. The van der Waals surface area contributed by atoms with E-state index in [4.69, 9.17) is 4.74 Å². The monoisotopic (exact) mass is 332 g/mol. The molecule has 0 bridgehead atoms. The van der Waals surface area contributed by atoms with Crippen molar-refractivity contribution in [3.05, 3.63) is 34.1 Å². The van der Waals surface area contributed by atoms with Gasteiger partial charge in [-0.3, -0.25) is 4.79 Å². The van der Waals surface area contributed by atoms with Crippen LogP contribution in [-0.4, -0.2) is 18.2 Å². The number of hydrogen-bond acceptors (Lipinski definition) is 3. The topological polar surface area (TPSA) is 46.5 Å². The molecule has 0 aliphatic heterocycles. The van der Waals surface area contributed by atoms with E-state index in [0.29, 0.717) is 4.47 Å². The molecule has 3 nitrogen and oxygen atoms in total. The van der Waals surface area contributed by atoms with Gasteiger partial charge in [0.25, 0.3) is 0 Å². The molecule has 2 atom stereocenters. The third-order valence-electron chi connectivity index (χ3n) is 3.20. The number of ether oxygens (including phenoxy) is 1. The van der Waals surface area contributed by atoms with Crippen molar-refractivity contribution >= 4 is 21.9 Å². The number of methoxy groups -OCH3 is 1. The molecule has 19 heavy (non-hydrogen) atoms. The van der Waals surface area contributed by atoms with Crippen LogP contribution >= 0.6 is 15.9 Å². The van der Waals surface area contributed by atoms with Crippen molar-refractivity contribution in [1.29, 1.82) is 0 Å². The van der Waals surface area contributed by atoms with Crippen LogP contribution < -0.4 is 0 Å². The van der Waals surface area contributed by atoms with Gasteiger partial charge in [0.1, 0.15) is 11.4 Å². The Hall–Kier alpha value is -0.940. The first-order valence-electron chi connectivity index (χ1n) is 5.97. The average Bonchev–Trinajstić information content (AvgIpc) is 2.31. The number of carbonyl (C=O) groups is 1. The predicted octanol–water partition coefficient (Wildman–Crippen LogP) is 3.24. The van der Waals surface area contributed by atoms with Crippen molar-refractivity contribution in [2.24, 2.45) is 11.8 Å². The van der Waals surface area contributed by atoms with Gasteiger partial charge in [-0.1, -0.05) is 29.8 Å². The highest BCUT2D eigenvalue weighted by Gasteiger charge is 2.43. The lowest BCUT2D eigenvalue weighted by molar-refractivity contribution is -0.159. The maximum absolute atomic E-state index is 13.9. The van der Waals surface area contributed by atoms with Crippen molar-refractivity contribution in [2.45, 2.75) is 26.4 Å². The molecule has 0 fully saturated rings. The van der Waals surface area contributed by atoms with E-state index in [1.165, 1.54) is 32.2 Å². The van der Waals surface area contributed by atoms with Crippen molar-refractivity contribution in [3.8, 4) is 0 Å². The largest absolute Gasteiger partial charge is 0.469 e. The third kappa shape index (κ3) is 3.34. The number of carbonyl (C=O) groups excluding carboxylic acids is 1. The van der Waals surface area contributed by atoms with Crippen LogP contribution in [0.2, 0.25) is 0 Å². The summed E-state index contributed by atoms with van der Waals surface area (Å²) in [5.41, 5.74) is -1.57. The number of esters is 1. The van der Waals surface area contributed by atoms with Crippen LogP contribution in [0.1, 0.15) is 26.3 Å². The molecule has 0 amide bonds. The molecule has 106 valence electrons. The fourth-order valence-corrected chi connectivity index (χ4v) is 2.69. The van der Waals surface area contributed by atoms with Crippen molar-refractivity contribution in [1.82, 2.24) is 0 Å². The van der Waals surface area contributed by atoms with E-state index in [1.807, 2.05) is 0 Å². The molecule has 0 saturated carbocycles. The summed E-state index contributed by atoms with van der Waals surface area (Å²) in [7, 11) is 1.26. The smallest absolute Gasteiger partial charge is 0.312 e. The Morgan fingerprint density at radius 1 is 1.47 bits per heavy atom. The van der Waals surface area contributed by atoms with Crippen molar-refractivity contribution in [3.63, 3.8) is 0 Å². The summed E-state index contributed by atoms with van der Waals surface area (Å²) in [4.78, 5) is 11.9. The second kappa shape index (κ2) is 6.01. The van der Waals surface area contributed by atoms with Crippen LogP contribution in [0.4, 0.5) is 4.39 Å². The van der Waals surface area contributed by atoms with Crippen LogP contribution in [0.3, 0.4) is 0 Å². The van der Waals surface area contributed by atoms with Gasteiger partial charge in [0.15, 0.2) is 0 Å². The number of rotatable bonds is 4. The SMILES string of the molecule is COC(=O)C(C(C)C)C(C)(O)c1cc(Br)ccc1F. The van der Waals surface area contributed by atoms with E-state index >= 15 is 0 Å². The molecule has 0 radical (unpaired) electrons. The van der Waals surface area contributed by atoms with Gasteiger partial charge in [-0.2, -0.15) is 0 Å². The quantitative estimate of drug-likeness (QED) is 0.861. The normalized spacial score (nSPS) is 16.0. The Morgan fingerprint density at radius 3 is 2.53 bits per heavy atom. The standard InChI is InChI=1S/C14H18BrFO3/c1-8(2)12(13(17)19-4)14(3,18)10-7-9(15)5-6-11(10)16/h5-8,12,18H,1-4H3. The van der Waals surface area contributed by atoms with E-state index in [9.17, 15) is 14.3 Å². The first-order valence-corrected chi connectivity index (χ1v) is 6.76. The first kappa shape index (κ1) is 16.1. The molecule has 0 aromatic heterocycles. The summed E-state index contributed by atoms with van der Waals surface area (Å²) in [5.74, 6) is -2.15. The second-order valence-electron chi connectivity index (χ2n) is 5.02. The second-order valence-corrected chi connectivity index (χ2v) is 5.93. The first-order chi connectivity index (χ1) is 8.71. The highest BCUT2D eigenvalue weighted by molar-refractivity contribution is 9.10. The summed E-state index contributed by atoms with van der Waals surface area (Å²) >= 11 is 3.24. The van der Waals surface area contributed by atoms with Gasteiger partial charge in [-0.05, 0) is 31.0 Å². The van der Waals surface area contributed by atoms with Crippen LogP contribution in [0, 0.1) is 17.7 Å². The summed E-state index contributed by atoms with van der Waals surface area (Å²) in [6.07, 6.45) is 0. The van der Waals surface area contributed by atoms with Gasteiger partial charge in [-0.15, -0.1) is 0 Å². The molecule has 0 saturated heterocycles. The van der Waals surface area contributed by atoms with Gasteiger partial charge in [0, 0.05) is 10.0 Å². The molecular formula is C14H18BrFO3. The zero-order valence-electron chi connectivity index (χ0n) is 11.4. The minimum atomic E-state index is -1.64. The molecule has 0 aliphatic carbocycles. The highest BCUT2D eigenvalue weighted by atomic mass is 79.9. The Kier molecular flexibility index (Phi) is 5.10. The Labute approximate surface area is 120 Å². The average molecular weight is 333 g/mol. The Balaban J connectivity index is 3.33. The summed E-state index contributed by atoms with van der Waals surface area (Å²) in [5, 5.41) is 10.7. The van der Waals surface area contributed by atoms with Gasteiger partial charge in [0.05, 0.1) is 13.0 Å². The van der Waals surface area contributed by atoms with E-state index in [2.05, 4.69) is 15.9 Å². The molecule has 1 rings (SSSR count). The van der Waals surface area contributed by atoms with Crippen LogP contribution in [0.15, 0.2) is 22.7 Å². The number of halogens is 2. The lowest BCUT2D eigenvalue weighted by Gasteiger charge is -2.34. The molecule has 0 heterocycles. The molecule has 1 aromatic carbocycles. The number of benzene rings is 1. The van der Waals surface area contributed by atoms with Crippen LogP contribution in [-0.2, 0) is 15.1 Å².